The first kappa shape index (κ1) is 20.3. The van der Waals surface area contributed by atoms with Crippen LogP contribution in [0.3, 0.4) is 0 Å². The third-order valence-electron chi connectivity index (χ3n) is 8.90. The van der Waals surface area contributed by atoms with Crippen LogP contribution in [0.5, 0.6) is 0 Å². The van der Waals surface area contributed by atoms with Gasteiger partial charge in [-0.05, 0) is 85.1 Å². The van der Waals surface area contributed by atoms with Crippen LogP contribution in [0, 0.1) is 19.3 Å². The van der Waals surface area contributed by atoms with Crippen molar-refractivity contribution in [1.29, 1.82) is 0 Å². The van der Waals surface area contributed by atoms with Gasteiger partial charge in [-0.1, -0.05) is 44.2 Å². The highest BCUT2D eigenvalue weighted by atomic mass is 15.0. The molecular formula is C32H33N2+. The first-order valence-electron chi connectivity index (χ1n) is 12.8. The van der Waals surface area contributed by atoms with Gasteiger partial charge in [0.05, 0.1) is 27.3 Å². The molecule has 170 valence electrons. The van der Waals surface area contributed by atoms with Crippen LogP contribution in [0.4, 0.5) is 0 Å². The number of pyridine rings is 2. The van der Waals surface area contributed by atoms with E-state index in [4.69, 9.17) is 0 Å². The van der Waals surface area contributed by atoms with Crippen molar-refractivity contribution < 1.29 is 4.57 Å². The predicted octanol–water partition coefficient (Wildman–Crippen LogP) is 8.12. The van der Waals surface area contributed by atoms with Crippen molar-refractivity contribution in [2.75, 3.05) is 0 Å². The van der Waals surface area contributed by atoms with Crippen molar-refractivity contribution in [2.45, 2.75) is 59.3 Å². The normalized spacial score (nSPS) is 17.2. The Balaban J connectivity index is 1.69. The minimum absolute atomic E-state index is 0.485. The summed E-state index contributed by atoms with van der Waals surface area (Å²) >= 11 is 0. The Bertz CT molecular complexity index is 1760. The fourth-order valence-electron chi connectivity index (χ4n) is 6.93. The molecule has 0 N–H and O–H groups in total. The summed E-state index contributed by atoms with van der Waals surface area (Å²) in [4.78, 5) is 0. The molecule has 0 unspecified atom stereocenters. The third-order valence-corrected chi connectivity index (χ3v) is 8.90. The maximum absolute atomic E-state index is 2.59. The van der Waals surface area contributed by atoms with E-state index in [1.807, 2.05) is 0 Å². The molecule has 0 radical (unpaired) electrons. The van der Waals surface area contributed by atoms with Gasteiger partial charge in [-0.3, -0.25) is 0 Å². The van der Waals surface area contributed by atoms with E-state index in [9.17, 15) is 0 Å². The van der Waals surface area contributed by atoms with Gasteiger partial charge in [0.1, 0.15) is 7.05 Å². The average molecular weight is 446 g/mol. The van der Waals surface area contributed by atoms with Crippen LogP contribution < -0.4 is 4.57 Å². The maximum atomic E-state index is 2.59. The van der Waals surface area contributed by atoms with Gasteiger partial charge in [-0.25, -0.2) is 4.57 Å². The molecule has 0 atom stereocenters. The minimum atomic E-state index is 0.485. The summed E-state index contributed by atoms with van der Waals surface area (Å²) in [5, 5.41) is 6.93. The summed E-state index contributed by atoms with van der Waals surface area (Å²) in [6.07, 6.45) is 7.48. The van der Waals surface area contributed by atoms with E-state index in [1.165, 1.54) is 91.4 Å². The number of rotatable bonds is 1. The van der Waals surface area contributed by atoms with Gasteiger partial charge in [0, 0.05) is 16.8 Å². The molecule has 3 aromatic heterocycles. The molecule has 1 aliphatic carbocycles. The summed E-state index contributed by atoms with van der Waals surface area (Å²) in [6.45, 7) is 9.39. The van der Waals surface area contributed by atoms with Crippen LogP contribution in [-0.2, 0) is 7.05 Å². The van der Waals surface area contributed by atoms with Gasteiger partial charge in [-0.2, -0.15) is 0 Å². The Kier molecular flexibility index (Phi) is 4.00. The molecule has 0 saturated heterocycles. The van der Waals surface area contributed by atoms with Crippen molar-refractivity contribution in [2.24, 2.45) is 12.5 Å². The SMILES string of the molecule is Cc1cccc2c1c1ccc(C)c3c1n2c1cc(C2CCC(C)(C)CC2)cc2cc[n+](C)c3c21. The number of hydrogen-bond acceptors (Lipinski definition) is 0. The summed E-state index contributed by atoms with van der Waals surface area (Å²) in [7, 11) is 2.21. The number of aryl methyl sites for hydroxylation is 3. The largest absolute Gasteiger partial charge is 0.307 e. The Morgan fingerprint density at radius 1 is 0.853 bits per heavy atom. The number of aromatic nitrogens is 2. The summed E-state index contributed by atoms with van der Waals surface area (Å²) in [6, 6.07) is 18.8. The maximum Gasteiger partial charge on any atom is 0.224 e. The highest BCUT2D eigenvalue weighted by molar-refractivity contribution is 6.26. The molecule has 7 rings (SSSR count). The van der Waals surface area contributed by atoms with Crippen LogP contribution in [0.2, 0.25) is 0 Å². The van der Waals surface area contributed by atoms with Crippen molar-refractivity contribution in [3.63, 3.8) is 0 Å². The summed E-state index contributed by atoms with van der Waals surface area (Å²) in [5.74, 6) is 0.657. The van der Waals surface area contributed by atoms with E-state index in [2.05, 4.69) is 98.4 Å². The monoisotopic (exact) mass is 445 g/mol. The Labute approximate surface area is 201 Å². The molecule has 6 aromatic rings. The molecule has 3 heterocycles. The molecule has 0 bridgehead atoms. The smallest absolute Gasteiger partial charge is 0.224 e. The quantitative estimate of drug-likeness (QED) is 0.137. The molecule has 0 amide bonds. The minimum Gasteiger partial charge on any atom is -0.307 e. The van der Waals surface area contributed by atoms with Crippen molar-refractivity contribution in [3.8, 4) is 0 Å². The van der Waals surface area contributed by atoms with Crippen LogP contribution in [-0.4, -0.2) is 4.40 Å². The van der Waals surface area contributed by atoms with Gasteiger partial charge < -0.3 is 4.40 Å². The summed E-state index contributed by atoms with van der Waals surface area (Å²) in [5.41, 5.74) is 10.2. The molecule has 3 aromatic carbocycles. The molecular weight excluding hydrogens is 412 g/mol. The zero-order chi connectivity index (χ0) is 23.4. The fourth-order valence-corrected chi connectivity index (χ4v) is 6.93. The van der Waals surface area contributed by atoms with Crippen LogP contribution >= 0.6 is 0 Å². The highest BCUT2D eigenvalue weighted by Gasteiger charge is 2.29. The Hall–Kier alpha value is -3.13. The third kappa shape index (κ3) is 2.60. The van der Waals surface area contributed by atoms with Gasteiger partial charge in [0.25, 0.3) is 0 Å². The molecule has 0 aliphatic heterocycles. The molecule has 34 heavy (non-hydrogen) atoms. The van der Waals surface area contributed by atoms with Gasteiger partial charge >= 0.3 is 0 Å². The fraction of sp³-hybridized carbons (Fsp3) is 0.344. The molecule has 0 spiro atoms. The van der Waals surface area contributed by atoms with E-state index in [1.54, 1.807) is 0 Å². The first-order chi connectivity index (χ1) is 16.3. The Morgan fingerprint density at radius 3 is 2.41 bits per heavy atom. The summed E-state index contributed by atoms with van der Waals surface area (Å²) < 4.78 is 4.93. The van der Waals surface area contributed by atoms with E-state index in [-0.39, 0.29) is 0 Å². The van der Waals surface area contributed by atoms with Crippen molar-refractivity contribution >= 4 is 49.0 Å². The zero-order valence-electron chi connectivity index (χ0n) is 21.0. The lowest BCUT2D eigenvalue weighted by Crippen LogP contribution is -2.29. The van der Waals surface area contributed by atoms with Gasteiger partial charge in [0.2, 0.25) is 5.52 Å². The average Bonchev–Trinajstić information content (AvgIpc) is 3.15. The molecule has 2 nitrogen and oxygen atoms in total. The van der Waals surface area contributed by atoms with Gasteiger partial charge in [0.15, 0.2) is 6.20 Å². The lowest BCUT2D eigenvalue weighted by molar-refractivity contribution is -0.643. The Morgan fingerprint density at radius 2 is 1.62 bits per heavy atom. The van der Waals surface area contributed by atoms with E-state index >= 15 is 0 Å². The second kappa shape index (κ2) is 6.72. The predicted molar refractivity (Wildman–Crippen MR) is 144 cm³/mol. The molecule has 1 aliphatic rings. The molecule has 1 fully saturated rings. The lowest BCUT2D eigenvalue weighted by atomic mass is 9.71. The number of hydrogen-bond donors (Lipinski definition) is 0. The number of fused-ring (bicyclic) bond motifs is 5. The van der Waals surface area contributed by atoms with Crippen LogP contribution in [0.25, 0.3) is 49.0 Å². The van der Waals surface area contributed by atoms with E-state index < -0.39 is 0 Å². The number of benzene rings is 3. The molecule has 1 saturated carbocycles. The molecule has 2 heteroatoms. The zero-order valence-corrected chi connectivity index (χ0v) is 21.0. The first-order valence-corrected chi connectivity index (χ1v) is 12.8. The van der Waals surface area contributed by atoms with E-state index in [0.29, 0.717) is 11.3 Å². The van der Waals surface area contributed by atoms with Crippen molar-refractivity contribution in [3.05, 3.63) is 71.4 Å². The van der Waals surface area contributed by atoms with Gasteiger partial charge in [-0.15, -0.1) is 0 Å². The van der Waals surface area contributed by atoms with Crippen LogP contribution in [0.15, 0.2) is 54.7 Å². The second-order valence-electron chi connectivity index (χ2n) is 11.7. The second-order valence-corrected chi connectivity index (χ2v) is 11.7. The number of nitrogens with zero attached hydrogens (tertiary/aromatic N) is 2. The van der Waals surface area contributed by atoms with Crippen molar-refractivity contribution in [1.82, 2.24) is 4.40 Å². The topological polar surface area (TPSA) is 8.29 Å². The highest BCUT2D eigenvalue weighted by Crippen LogP contribution is 2.46. The lowest BCUT2D eigenvalue weighted by Gasteiger charge is -2.34. The van der Waals surface area contributed by atoms with Crippen LogP contribution in [0.1, 0.15) is 62.1 Å². The van der Waals surface area contributed by atoms with E-state index in [0.717, 1.165) is 0 Å². The standard InChI is InChI=1S/C32H33N2/c1-19-7-6-8-25-27(19)24-10-9-20(2)28-30(24)34(25)26-18-23(21-11-14-32(3,4)15-12-21)17-22-13-16-33(5)31(28)29(22)26/h6-10,13,16-18,21H,11-12,14-15H2,1-5H3/q+1.